The Morgan fingerprint density at radius 1 is 1.39 bits per heavy atom. The van der Waals surface area contributed by atoms with Gasteiger partial charge in [0.1, 0.15) is 6.26 Å². The number of carboxylic acid groups (broad SMARTS) is 1. The highest BCUT2D eigenvalue weighted by Crippen LogP contribution is 2.27. The summed E-state index contributed by atoms with van der Waals surface area (Å²) >= 11 is 0. The number of aromatic nitrogens is 1. The Morgan fingerprint density at radius 3 is 2.61 bits per heavy atom. The standard InChI is InChI=1S/C12H14N2O4/c1-7-6-18-12(13-7)14-10(15)8-4-2-3-5-9(8)11(16)17/h2-3,6,8-9H,4-5H2,1H3,(H,16,17)(H,13,14,15). The zero-order valence-corrected chi connectivity index (χ0v) is 9.92. The summed E-state index contributed by atoms with van der Waals surface area (Å²) in [4.78, 5) is 27.0. The molecule has 96 valence electrons. The molecular weight excluding hydrogens is 236 g/mol. The number of amides is 1. The van der Waals surface area contributed by atoms with Gasteiger partial charge in [0.15, 0.2) is 0 Å². The molecule has 0 aromatic carbocycles. The summed E-state index contributed by atoms with van der Waals surface area (Å²) in [5.74, 6) is -2.59. The number of oxazole rings is 1. The van der Waals surface area contributed by atoms with E-state index in [9.17, 15) is 9.59 Å². The summed E-state index contributed by atoms with van der Waals surface area (Å²) in [6.07, 6.45) is 5.83. The Labute approximate surface area is 104 Å². The van der Waals surface area contributed by atoms with E-state index in [1.54, 1.807) is 13.0 Å². The lowest BCUT2D eigenvalue weighted by atomic mass is 9.82. The highest BCUT2D eigenvalue weighted by atomic mass is 16.4. The average Bonchev–Trinajstić information content (AvgIpc) is 2.74. The Balaban J connectivity index is 2.07. The van der Waals surface area contributed by atoms with Gasteiger partial charge in [0.25, 0.3) is 0 Å². The molecule has 6 heteroatoms. The minimum absolute atomic E-state index is 0.108. The van der Waals surface area contributed by atoms with Crippen LogP contribution in [0, 0.1) is 18.8 Å². The number of anilines is 1. The van der Waals surface area contributed by atoms with E-state index in [0.717, 1.165) is 0 Å². The Morgan fingerprint density at radius 2 is 2.06 bits per heavy atom. The molecule has 1 amide bonds. The molecule has 6 nitrogen and oxygen atoms in total. The van der Waals surface area contributed by atoms with Crippen molar-refractivity contribution in [3.05, 3.63) is 24.1 Å². The van der Waals surface area contributed by atoms with Crippen molar-refractivity contribution in [2.24, 2.45) is 11.8 Å². The molecule has 0 saturated carbocycles. The predicted octanol–water partition coefficient (Wildman–Crippen LogP) is 1.59. The number of carboxylic acids is 1. The normalized spacial score (nSPS) is 22.7. The molecule has 1 aliphatic carbocycles. The summed E-state index contributed by atoms with van der Waals surface area (Å²) in [5, 5.41) is 11.6. The highest BCUT2D eigenvalue weighted by Gasteiger charge is 2.34. The molecule has 0 spiro atoms. The van der Waals surface area contributed by atoms with E-state index in [1.165, 1.54) is 6.26 Å². The third-order valence-electron chi connectivity index (χ3n) is 2.94. The quantitative estimate of drug-likeness (QED) is 0.794. The fourth-order valence-electron chi connectivity index (χ4n) is 1.99. The van der Waals surface area contributed by atoms with Gasteiger partial charge in [-0.05, 0) is 19.8 Å². The van der Waals surface area contributed by atoms with Crippen LogP contribution in [-0.4, -0.2) is 22.0 Å². The maximum absolute atomic E-state index is 12.0. The monoisotopic (exact) mass is 250 g/mol. The predicted molar refractivity (Wildman–Crippen MR) is 62.9 cm³/mol. The van der Waals surface area contributed by atoms with E-state index < -0.39 is 17.8 Å². The van der Waals surface area contributed by atoms with Crippen molar-refractivity contribution in [1.82, 2.24) is 4.98 Å². The van der Waals surface area contributed by atoms with Gasteiger partial charge in [-0.15, -0.1) is 0 Å². The van der Waals surface area contributed by atoms with Crippen LogP contribution in [0.5, 0.6) is 0 Å². The zero-order chi connectivity index (χ0) is 13.1. The second kappa shape index (κ2) is 5.03. The molecule has 1 aliphatic rings. The number of nitrogens with one attached hydrogen (secondary N) is 1. The summed E-state index contributed by atoms with van der Waals surface area (Å²) in [5.41, 5.74) is 0.656. The van der Waals surface area contributed by atoms with Crippen molar-refractivity contribution in [2.75, 3.05) is 5.32 Å². The fourth-order valence-corrected chi connectivity index (χ4v) is 1.99. The number of carbonyl (C=O) groups excluding carboxylic acids is 1. The third kappa shape index (κ3) is 2.58. The molecule has 2 atom stereocenters. The second-order valence-electron chi connectivity index (χ2n) is 4.28. The maximum Gasteiger partial charge on any atom is 0.307 e. The van der Waals surface area contributed by atoms with Crippen molar-refractivity contribution in [1.29, 1.82) is 0 Å². The van der Waals surface area contributed by atoms with Crippen LogP contribution in [0.2, 0.25) is 0 Å². The van der Waals surface area contributed by atoms with E-state index in [1.807, 2.05) is 6.08 Å². The van der Waals surface area contributed by atoms with Crippen LogP contribution in [-0.2, 0) is 9.59 Å². The molecule has 0 bridgehead atoms. The van der Waals surface area contributed by atoms with Gasteiger partial charge in [-0.1, -0.05) is 12.2 Å². The van der Waals surface area contributed by atoms with Crippen molar-refractivity contribution in [3.63, 3.8) is 0 Å². The number of rotatable bonds is 3. The lowest BCUT2D eigenvalue weighted by Gasteiger charge is -2.23. The lowest BCUT2D eigenvalue weighted by Crippen LogP contribution is -2.34. The van der Waals surface area contributed by atoms with Gasteiger partial charge in [0.2, 0.25) is 5.91 Å². The van der Waals surface area contributed by atoms with Crippen LogP contribution in [0.15, 0.2) is 22.8 Å². The van der Waals surface area contributed by atoms with Gasteiger partial charge < -0.3 is 9.52 Å². The van der Waals surface area contributed by atoms with Gasteiger partial charge in [0, 0.05) is 0 Å². The first-order valence-electron chi connectivity index (χ1n) is 5.68. The fraction of sp³-hybridized carbons (Fsp3) is 0.417. The Kier molecular flexibility index (Phi) is 3.45. The first kappa shape index (κ1) is 12.3. The van der Waals surface area contributed by atoms with E-state index in [0.29, 0.717) is 18.5 Å². The first-order valence-corrected chi connectivity index (χ1v) is 5.68. The number of hydrogen-bond acceptors (Lipinski definition) is 4. The van der Waals surface area contributed by atoms with E-state index >= 15 is 0 Å². The first-order chi connectivity index (χ1) is 8.58. The molecule has 1 aromatic heterocycles. The summed E-state index contributed by atoms with van der Waals surface area (Å²) in [6, 6.07) is 0.108. The third-order valence-corrected chi connectivity index (χ3v) is 2.94. The number of allylic oxidation sites excluding steroid dienone is 2. The van der Waals surface area contributed by atoms with Gasteiger partial charge in [-0.3, -0.25) is 14.9 Å². The molecule has 0 saturated heterocycles. The zero-order valence-electron chi connectivity index (χ0n) is 9.92. The number of aryl methyl sites for hydroxylation is 1. The average molecular weight is 250 g/mol. The molecule has 0 fully saturated rings. The van der Waals surface area contributed by atoms with Crippen LogP contribution in [0.25, 0.3) is 0 Å². The van der Waals surface area contributed by atoms with Gasteiger partial charge in [-0.2, -0.15) is 4.98 Å². The smallest absolute Gasteiger partial charge is 0.307 e. The highest BCUT2D eigenvalue weighted by molar-refractivity contribution is 5.93. The number of aliphatic carboxylic acids is 1. The van der Waals surface area contributed by atoms with Crippen molar-refractivity contribution in [3.8, 4) is 0 Å². The summed E-state index contributed by atoms with van der Waals surface area (Å²) < 4.78 is 5.01. The van der Waals surface area contributed by atoms with Gasteiger partial charge >= 0.3 is 12.0 Å². The molecule has 18 heavy (non-hydrogen) atoms. The number of nitrogens with zero attached hydrogens (tertiary/aromatic N) is 1. The molecule has 1 aromatic rings. The van der Waals surface area contributed by atoms with Gasteiger partial charge in [-0.25, -0.2) is 0 Å². The van der Waals surface area contributed by atoms with Crippen molar-refractivity contribution < 1.29 is 19.1 Å². The molecule has 0 radical (unpaired) electrons. The second-order valence-corrected chi connectivity index (χ2v) is 4.28. The summed E-state index contributed by atoms with van der Waals surface area (Å²) in [7, 11) is 0. The van der Waals surface area contributed by atoms with Crippen molar-refractivity contribution >= 4 is 17.9 Å². The molecule has 2 N–H and O–H groups in total. The van der Waals surface area contributed by atoms with Gasteiger partial charge in [0.05, 0.1) is 17.5 Å². The Hall–Kier alpha value is -2.11. The topological polar surface area (TPSA) is 92.4 Å². The molecule has 1 heterocycles. The molecule has 0 aliphatic heterocycles. The minimum atomic E-state index is -0.955. The minimum Gasteiger partial charge on any atom is -0.481 e. The molecule has 2 rings (SSSR count). The van der Waals surface area contributed by atoms with Crippen molar-refractivity contribution in [2.45, 2.75) is 19.8 Å². The summed E-state index contributed by atoms with van der Waals surface area (Å²) in [6.45, 7) is 1.74. The van der Waals surface area contributed by atoms with Crippen LogP contribution >= 0.6 is 0 Å². The van der Waals surface area contributed by atoms with Crippen LogP contribution in [0.3, 0.4) is 0 Å². The lowest BCUT2D eigenvalue weighted by molar-refractivity contribution is -0.146. The van der Waals surface area contributed by atoms with E-state index in [-0.39, 0.29) is 11.9 Å². The Bertz CT molecular complexity index is 492. The number of hydrogen-bond donors (Lipinski definition) is 2. The van der Waals surface area contributed by atoms with Crippen LogP contribution in [0.1, 0.15) is 18.5 Å². The van der Waals surface area contributed by atoms with Crippen LogP contribution in [0.4, 0.5) is 6.01 Å². The maximum atomic E-state index is 12.0. The SMILES string of the molecule is Cc1coc(NC(=O)C2CC=CCC2C(=O)O)n1. The largest absolute Gasteiger partial charge is 0.481 e. The van der Waals surface area contributed by atoms with Crippen LogP contribution < -0.4 is 5.32 Å². The van der Waals surface area contributed by atoms with E-state index in [4.69, 9.17) is 9.52 Å². The van der Waals surface area contributed by atoms with E-state index in [2.05, 4.69) is 10.3 Å². The molecular formula is C12H14N2O4. The number of carbonyl (C=O) groups is 2. The molecule has 2 unspecified atom stereocenters.